The van der Waals surface area contributed by atoms with Gasteiger partial charge in [-0.15, -0.1) is 0 Å². The molecule has 16 heavy (non-hydrogen) atoms. The van der Waals surface area contributed by atoms with Crippen LogP contribution in [-0.2, 0) is 6.18 Å². The van der Waals surface area contributed by atoms with Crippen LogP contribution in [0.15, 0.2) is 18.2 Å². The Hall–Kier alpha value is -1.23. The van der Waals surface area contributed by atoms with E-state index >= 15 is 0 Å². The van der Waals surface area contributed by atoms with Crippen LogP contribution in [0.5, 0.6) is 0 Å². The van der Waals surface area contributed by atoms with Crippen molar-refractivity contribution in [2.24, 2.45) is 0 Å². The maximum atomic E-state index is 12.7. The zero-order valence-corrected chi connectivity index (χ0v) is 8.51. The lowest BCUT2D eigenvalue weighted by molar-refractivity contribution is -0.137. The first-order valence-electron chi connectivity index (χ1n) is 5.09. The highest BCUT2D eigenvalue weighted by molar-refractivity contribution is 5.61. The van der Waals surface area contributed by atoms with Crippen molar-refractivity contribution in [1.29, 1.82) is 0 Å². The van der Waals surface area contributed by atoms with Gasteiger partial charge in [0.1, 0.15) is 0 Å². The molecular weight excluding hydrogens is 219 g/mol. The average molecular weight is 231 g/mol. The fourth-order valence-corrected chi connectivity index (χ4v) is 2.06. The Balaban J connectivity index is 2.51. The molecule has 2 N–H and O–H groups in total. The quantitative estimate of drug-likeness (QED) is 0.778. The molecule has 0 aromatic heterocycles. The van der Waals surface area contributed by atoms with Crippen molar-refractivity contribution >= 4 is 5.69 Å². The summed E-state index contributed by atoms with van der Waals surface area (Å²) in [5.41, 5.74) is 0.0343. The molecule has 0 amide bonds. The predicted octanol–water partition coefficient (Wildman–Crippen LogP) is 2.60. The third-order valence-corrected chi connectivity index (χ3v) is 2.86. The minimum absolute atomic E-state index is 0.115. The number of aliphatic hydroxyl groups excluding tert-OH is 1. The zero-order chi connectivity index (χ0) is 11.8. The number of fused-ring (bicyclic) bond motifs is 1. The highest BCUT2D eigenvalue weighted by atomic mass is 19.4. The molecule has 5 heteroatoms. The van der Waals surface area contributed by atoms with Crippen LogP contribution >= 0.6 is 0 Å². The number of nitrogens with one attached hydrogen (secondary N) is 1. The van der Waals surface area contributed by atoms with Gasteiger partial charge in [0.25, 0.3) is 0 Å². The first-order valence-corrected chi connectivity index (χ1v) is 5.09. The Labute approximate surface area is 91.1 Å². The molecule has 0 aliphatic carbocycles. The van der Waals surface area contributed by atoms with Crippen LogP contribution in [0.4, 0.5) is 18.9 Å². The summed E-state index contributed by atoms with van der Waals surface area (Å²) in [7, 11) is 0. The van der Waals surface area contributed by atoms with Crippen LogP contribution in [-0.4, -0.2) is 18.3 Å². The Morgan fingerprint density at radius 1 is 1.38 bits per heavy atom. The van der Waals surface area contributed by atoms with E-state index in [1.54, 1.807) is 6.07 Å². The van der Waals surface area contributed by atoms with Crippen LogP contribution in [0, 0.1) is 0 Å². The SMILES string of the molecule is OCC1CCNc2c1cccc2C(F)(F)F. The molecule has 1 atom stereocenters. The Bertz CT molecular complexity index is 389. The van der Waals surface area contributed by atoms with Gasteiger partial charge in [-0.1, -0.05) is 12.1 Å². The second-order valence-electron chi connectivity index (χ2n) is 3.86. The van der Waals surface area contributed by atoms with Gasteiger partial charge in [0, 0.05) is 18.2 Å². The van der Waals surface area contributed by atoms with Crippen LogP contribution in [0.1, 0.15) is 23.5 Å². The number of hydrogen-bond acceptors (Lipinski definition) is 2. The minimum atomic E-state index is -4.35. The van der Waals surface area contributed by atoms with Gasteiger partial charge in [0.2, 0.25) is 0 Å². The first kappa shape index (κ1) is 11.3. The minimum Gasteiger partial charge on any atom is -0.396 e. The van der Waals surface area contributed by atoms with Gasteiger partial charge >= 0.3 is 6.18 Å². The van der Waals surface area contributed by atoms with Crippen LogP contribution in [0.2, 0.25) is 0 Å². The second-order valence-corrected chi connectivity index (χ2v) is 3.86. The number of benzene rings is 1. The number of para-hydroxylation sites is 1. The summed E-state index contributed by atoms with van der Waals surface area (Å²) in [6.07, 6.45) is -3.69. The molecule has 1 aromatic carbocycles. The van der Waals surface area contributed by atoms with Crippen molar-refractivity contribution in [3.8, 4) is 0 Å². The van der Waals surface area contributed by atoms with Crippen LogP contribution < -0.4 is 5.32 Å². The van der Waals surface area contributed by atoms with Gasteiger partial charge in [-0.05, 0) is 18.1 Å². The Kier molecular flexibility index (Phi) is 2.80. The maximum absolute atomic E-state index is 12.7. The molecule has 2 nitrogen and oxygen atoms in total. The normalized spacial score (nSPS) is 20.1. The van der Waals surface area contributed by atoms with E-state index in [0.29, 0.717) is 18.5 Å². The fraction of sp³-hybridized carbons (Fsp3) is 0.455. The summed E-state index contributed by atoms with van der Waals surface area (Å²) in [4.78, 5) is 0. The van der Waals surface area contributed by atoms with Gasteiger partial charge in [-0.3, -0.25) is 0 Å². The number of anilines is 1. The number of hydrogen-bond donors (Lipinski definition) is 2. The van der Waals surface area contributed by atoms with Gasteiger partial charge in [0.15, 0.2) is 0 Å². The highest BCUT2D eigenvalue weighted by Crippen LogP contribution is 2.41. The smallest absolute Gasteiger partial charge is 0.396 e. The van der Waals surface area contributed by atoms with Crippen molar-refractivity contribution in [1.82, 2.24) is 0 Å². The van der Waals surface area contributed by atoms with Gasteiger partial charge in [-0.25, -0.2) is 0 Å². The molecular formula is C11H12F3NO. The third-order valence-electron chi connectivity index (χ3n) is 2.86. The largest absolute Gasteiger partial charge is 0.418 e. The molecule has 1 aliphatic rings. The zero-order valence-electron chi connectivity index (χ0n) is 8.51. The van der Waals surface area contributed by atoms with E-state index < -0.39 is 11.7 Å². The van der Waals surface area contributed by atoms with Gasteiger partial charge in [0.05, 0.1) is 12.2 Å². The molecule has 0 bridgehead atoms. The summed E-state index contributed by atoms with van der Waals surface area (Å²) in [6, 6.07) is 4.08. The van der Waals surface area contributed by atoms with E-state index in [1.807, 2.05) is 0 Å². The standard InChI is InChI=1S/C11H12F3NO/c12-11(13,14)9-3-1-2-8-7(6-16)4-5-15-10(8)9/h1-3,7,15-16H,4-6H2. The summed E-state index contributed by atoms with van der Waals surface area (Å²) >= 11 is 0. The Morgan fingerprint density at radius 3 is 2.75 bits per heavy atom. The van der Waals surface area contributed by atoms with E-state index in [-0.39, 0.29) is 18.2 Å². The van der Waals surface area contributed by atoms with Crippen molar-refractivity contribution < 1.29 is 18.3 Å². The molecule has 88 valence electrons. The Morgan fingerprint density at radius 2 is 2.12 bits per heavy atom. The van der Waals surface area contributed by atoms with Crippen molar-refractivity contribution in [2.45, 2.75) is 18.5 Å². The average Bonchev–Trinajstić information content (AvgIpc) is 2.26. The monoisotopic (exact) mass is 231 g/mol. The lowest BCUT2D eigenvalue weighted by Gasteiger charge is -2.27. The molecule has 1 unspecified atom stereocenters. The molecule has 0 spiro atoms. The molecule has 0 saturated carbocycles. The number of halogens is 3. The first-order chi connectivity index (χ1) is 7.54. The van der Waals surface area contributed by atoms with E-state index in [2.05, 4.69) is 5.32 Å². The molecule has 1 heterocycles. The summed E-state index contributed by atoms with van der Waals surface area (Å²) < 4.78 is 38.1. The molecule has 1 aromatic rings. The fourth-order valence-electron chi connectivity index (χ4n) is 2.06. The predicted molar refractivity (Wildman–Crippen MR) is 54.4 cm³/mol. The number of aliphatic hydroxyl groups is 1. The third kappa shape index (κ3) is 1.87. The van der Waals surface area contributed by atoms with E-state index in [0.717, 1.165) is 6.07 Å². The second kappa shape index (κ2) is 3.97. The van der Waals surface area contributed by atoms with Gasteiger partial charge < -0.3 is 10.4 Å². The van der Waals surface area contributed by atoms with Crippen LogP contribution in [0.25, 0.3) is 0 Å². The summed E-state index contributed by atoms with van der Waals surface area (Å²) in [5.74, 6) is -0.196. The summed E-state index contributed by atoms with van der Waals surface area (Å²) in [5, 5.41) is 11.9. The van der Waals surface area contributed by atoms with E-state index in [1.165, 1.54) is 6.07 Å². The molecule has 1 aliphatic heterocycles. The molecule has 0 saturated heterocycles. The van der Waals surface area contributed by atoms with Crippen molar-refractivity contribution in [3.05, 3.63) is 29.3 Å². The van der Waals surface area contributed by atoms with Crippen molar-refractivity contribution in [2.75, 3.05) is 18.5 Å². The topological polar surface area (TPSA) is 32.3 Å². The van der Waals surface area contributed by atoms with E-state index in [4.69, 9.17) is 5.11 Å². The van der Waals surface area contributed by atoms with Gasteiger partial charge in [-0.2, -0.15) is 13.2 Å². The highest BCUT2D eigenvalue weighted by Gasteiger charge is 2.36. The molecule has 0 fully saturated rings. The molecule has 0 radical (unpaired) electrons. The number of rotatable bonds is 1. The maximum Gasteiger partial charge on any atom is 0.418 e. The number of alkyl halides is 3. The van der Waals surface area contributed by atoms with Crippen molar-refractivity contribution in [3.63, 3.8) is 0 Å². The lowest BCUT2D eigenvalue weighted by Crippen LogP contribution is -2.22. The lowest BCUT2D eigenvalue weighted by atomic mass is 9.89. The summed E-state index contributed by atoms with van der Waals surface area (Å²) in [6.45, 7) is 0.349. The van der Waals surface area contributed by atoms with E-state index in [9.17, 15) is 13.2 Å². The molecule has 2 rings (SSSR count). The van der Waals surface area contributed by atoms with Crippen LogP contribution in [0.3, 0.4) is 0 Å².